The van der Waals surface area contributed by atoms with Gasteiger partial charge in [-0.05, 0) is 37.5 Å². The minimum Gasteiger partial charge on any atom is -0.423 e. The second-order valence-electron chi connectivity index (χ2n) is 4.13. The van der Waals surface area contributed by atoms with Crippen molar-refractivity contribution in [1.82, 2.24) is 10.3 Å². The summed E-state index contributed by atoms with van der Waals surface area (Å²) in [6.07, 6.45) is 1.92. The normalized spacial score (nSPS) is 17.4. The lowest BCUT2D eigenvalue weighted by molar-refractivity contribution is 0.425. The van der Waals surface area contributed by atoms with Crippen LogP contribution < -0.4 is 16.3 Å². The molecule has 0 atom stereocenters. The Morgan fingerprint density at radius 2 is 1.94 bits per heavy atom. The summed E-state index contributed by atoms with van der Waals surface area (Å²) in [6, 6.07) is 2.89. The van der Waals surface area contributed by atoms with E-state index in [-0.39, 0.29) is 11.0 Å². The summed E-state index contributed by atoms with van der Waals surface area (Å²) in [5.41, 5.74) is 0.786. The number of nitrogens with one attached hydrogen (secondary N) is 2. The highest BCUT2D eigenvalue weighted by Crippen LogP contribution is 2.21. The van der Waals surface area contributed by atoms with Crippen LogP contribution in [0.2, 0.25) is 0 Å². The highest BCUT2D eigenvalue weighted by atomic mass is 16.4. The molecule has 0 amide bonds. The smallest absolute Gasteiger partial charge is 0.423 e. The molecule has 2 rings (SSSR count). The summed E-state index contributed by atoms with van der Waals surface area (Å²) < 4.78 is 0. The molecule has 4 N–H and O–H groups in total. The molecule has 0 aliphatic carbocycles. The predicted octanol–water partition coefficient (Wildman–Crippen LogP) is -1.48. The van der Waals surface area contributed by atoms with Crippen LogP contribution in [-0.2, 0) is 0 Å². The van der Waals surface area contributed by atoms with E-state index >= 15 is 0 Å². The van der Waals surface area contributed by atoms with Crippen LogP contribution in [0, 0.1) is 0 Å². The zero-order chi connectivity index (χ0) is 11.5. The fourth-order valence-electron chi connectivity index (χ4n) is 2.09. The Bertz CT molecular complexity index is 413. The first-order valence-electron chi connectivity index (χ1n) is 5.48. The fourth-order valence-corrected chi connectivity index (χ4v) is 2.09. The standard InChI is InChI=1S/C10H15BN2O3/c14-10-6-8(11(15)16)5-9(13-10)7-1-3-12-4-2-7/h5-7,12,15-16H,1-4H2,(H,13,14). The Hall–Kier alpha value is -1.11. The third kappa shape index (κ3) is 2.52. The molecule has 0 unspecified atom stereocenters. The molecule has 1 fully saturated rings. The Morgan fingerprint density at radius 3 is 2.56 bits per heavy atom. The number of aromatic amines is 1. The second kappa shape index (κ2) is 4.82. The number of H-pyrrole nitrogens is 1. The van der Waals surface area contributed by atoms with E-state index < -0.39 is 7.12 Å². The van der Waals surface area contributed by atoms with Gasteiger partial charge in [0.25, 0.3) is 0 Å². The lowest BCUT2D eigenvalue weighted by Gasteiger charge is -2.22. The largest absolute Gasteiger partial charge is 0.488 e. The molecule has 1 aliphatic rings. The number of aromatic nitrogens is 1. The maximum absolute atomic E-state index is 11.4. The van der Waals surface area contributed by atoms with Crippen molar-refractivity contribution in [3.05, 3.63) is 28.2 Å². The first-order chi connectivity index (χ1) is 7.66. The highest BCUT2D eigenvalue weighted by Gasteiger charge is 2.19. The van der Waals surface area contributed by atoms with Crippen LogP contribution >= 0.6 is 0 Å². The molecule has 0 bridgehead atoms. The molecule has 1 saturated heterocycles. The van der Waals surface area contributed by atoms with Gasteiger partial charge >= 0.3 is 7.12 Å². The van der Waals surface area contributed by atoms with E-state index in [1.807, 2.05) is 0 Å². The Balaban J connectivity index is 2.29. The summed E-state index contributed by atoms with van der Waals surface area (Å²) in [4.78, 5) is 14.1. The molecule has 1 aromatic rings. The van der Waals surface area contributed by atoms with Crippen LogP contribution in [0.4, 0.5) is 0 Å². The molecule has 0 saturated carbocycles. The van der Waals surface area contributed by atoms with Crippen molar-refractivity contribution >= 4 is 12.6 Å². The number of rotatable bonds is 2. The topological polar surface area (TPSA) is 85.3 Å². The quantitative estimate of drug-likeness (QED) is 0.460. The van der Waals surface area contributed by atoms with Gasteiger partial charge in [0.15, 0.2) is 0 Å². The van der Waals surface area contributed by atoms with Crippen molar-refractivity contribution in [2.75, 3.05) is 13.1 Å². The minimum atomic E-state index is -1.58. The molecular formula is C10H15BN2O3. The van der Waals surface area contributed by atoms with Gasteiger partial charge in [-0.3, -0.25) is 4.79 Å². The summed E-state index contributed by atoms with van der Waals surface area (Å²) in [7, 11) is -1.58. The summed E-state index contributed by atoms with van der Waals surface area (Å²) in [6.45, 7) is 1.86. The highest BCUT2D eigenvalue weighted by molar-refractivity contribution is 6.58. The van der Waals surface area contributed by atoms with Crippen LogP contribution in [-0.4, -0.2) is 35.2 Å². The lowest BCUT2D eigenvalue weighted by Crippen LogP contribution is -2.35. The molecule has 1 aliphatic heterocycles. The van der Waals surface area contributed by atoms with E-state index in [0.29, 0.717) is 5.92 Å². The monoisotopic (exact) mass is 222 g/mol. The van der Waals surface area contributed by atoms with Gasteiger partial charge in [0, 0.05) is 17.7 Å². The third-order valence-electron chi connectivity index (χ3n) is 2.96. The predicted molar refractivity (Wildman–Crippen MR) is 61.7 cm³/mol. The SMILES string of the molecule is O=c1cc(B(O)O)cc(C2CCNCC2)[nH]1. The van der Waals surface area contributed by atoms with Gasteiger partial charge in [0.05, 0.1) is 0 Å². The summed E-state index contributed by atoms with van der Waals surface area (Å²) in [5, 5.41) is 21.4. The molecule has 1 aromatic heterocycles. The van der Waals surface area contributed by atoms with Crippen molar-refractivity contribution < 1.29 is 10.0 Å². The molecular weight excluding hydrogens is 207 g/mol. The number of piperidine rings is 1. The molecule has 6 heteroatoms. The molecule has 2 heterocycles. The maximum Gasteiger partial charge on any atom is 0.488 e. The molecule has 0 radical (unpaired) electrons. The van der Waals surface area contributed by atoms with Gasteiger partial charge in [-0.1, -0.05) is 0 Å². The zero-order valence-corrected chi connectivity index (χ0v) is 8.94. The first kappa shape index (κ1) is 11.4. The van der Waals surface area contributed by atoms with Crippen LogP contribution in [0.25, 0.3) is 0 Å². The van der Waals surface area contributed by atoms with E-state index in [0.717, 1.165) is 31.6 Å². The van der Waals surface area contributed by atoms with Crippen LogP contribution in [0.5, 0.6) is 0 Å². The maximum atomic E-state index is 11.4. The fraction of sp³-hybridized carbons (Fsp3) is 0.500. The van der Waals surface area contributed by atoms with E-state index in [2.05, 4.69) is 10.3 Å². The lowest BCUT2D eigenvalue weighted by atomic mass is 9.79. The number of hydrogen-bond acceptors (Lipinski definition) is 4. The van der Waals surface area contributed by atoms with Gasteiger partial charge in [-0.25, -0.2) is 0 Å². The van der Waals surface area contributed by atoms with Gasteiger partial charge in [-0.2, -0.15) is 0 Å². The van der Waals surface area contributed by atoms with Gasteiger partial charge in [0.2, 0.25) is 5.56 Å². The Morgan fingerprint density at radius 1 is 1.25 bits per heavy atom. The van der Waals surface area contributed by atoms with Crippen molar-refractivity contribution in [2.45, 2.75) is 18.8 Å². The molecule has 5 nitrogen and oxygen atoms in total. The average Bonchev–Trinajstić information content (AvgIpc) is 2.29. The van der Waals surface area contributed by atoms with Gasteiger partial charge in [-0.15, -0.1) is 0 Å². The Labute approximate surface area is 93.7 Å². The van der Waals surface area contributed by atoms with Crippen LogP contribution in [0.3, 0.4) is 0 Å². The molecule has 86 valence electrons. The van der Waals surface area contributed by atoms with Crippen molar-refractivity contribution in [2.24, 2.45) is 0 Å². The van der Waals surface area contributed by atoms with E-state index in [1.165, 1.54) is 6.07 Å². The molecule has 0 spiro atoms. The van der Waals surface area contributed by atoms with Gasteiger partial charge in [0.1, 0.15) is 0 Å². The minimum absolute atomic E-state index is 0.261. The van der Waals surface area contributed by atoms with Crippen molar-refractivity contribution in [1.29, 1.82) is 0 Å². The summed E-state index contributed by atoms with van der Waals surface area (Å²) in [5.74, 6) is 0.299. The molecule has 16 heavy (non-hydrogen) atoms. The Kier molecular flexibility index (Phi) is 3.43. The number of hydrogen-bond donors (Lipinski definition) is 4. The number of pyridine rings is 1. The average molecular weight is 222 g/mol. The van der Waals surface area contributed by atoms with Gasteiger partial charge < -0.3 is 20.3 Å². The third-order valence-corrected chi connectivity index (χ3v) is 2.96. The summed E-state index contributed by atoms with van der Waals surface area (Å²) >= 11 is 0. The van der Waals surface area contributed by atoms with E-state index in [1.54, 1.807) is 6.07 Å². The van der Waals surface area contributed by atoms with Crippen LogP contribution in [0.1, 0.15) is 24.5 Å². The van der Waals surface area contributed by atoms with Crippen molar-refractivity contribution in [3.8, 4) is 0 Å². The first-order valence-corrected chi connectivity index (χ1v) is 5.48. The van der Waals surface area contributed by atoms with Crippen molar-refractivity contribution in [3.63, 3.8) is 0 Å². The van der Waals surface area contributed by atoms with E-state index in [9.17, 15) is 4.79 Å². The second-order valence-corrected chi connectivity index (χ2v) is 4.13. The zero-order valence-electron chi connectivity index (χ0n) is 8.94. The van der Waals surface area contributed by atoms with Crippen LogP contribution in [0.15, 0.2) is 16.9 Å². The molecule has 0 aromatic carbocycles. The van der Waals surface area contributed by atoms with E-state index in [4.69, 9.17) is 10.0 Å².